The minimum Gasteiger partial charge on any atom is -0.497 e. The van der Waals surface area contributed by atoms with Crippen LogP contribution in [0, 0.1) is 6.92 Å². The Morgan fingerprint density at radius 1 is 1.19 bits per heavy atom. The monoisotopic (exact) mass is 324 g/mol. The number of amides is 1. The molecular weight excluding hydrogens is 311 g/mol. The minimum absolute atomic E-state index is 0.308. The van der Waals surface area contributed by atoms with Crippen LogP contribution in [0.4, 0.5) is 11.4 Å². The van der Waals surface area contributed by atoms with Gasteiger partial charge >= 0.3 is 0 Å². The molecule has 2 aromatic carbocycles. The number of carbonyl (C=O) groups is 1. The number of hydrogen-bond donors (Lipinski definition) is 2. The number of nitrogens with two attached hydrogens (primary N) is 1. The van der Waals surface area contributed by atoms with Crippen LogP contribution in [0.2, 0.25) is 10.0 Å². The lowest BCUT2D eigenvalue weighted by molar-refractivity contribution is 0.102. The number of nitrogen functional groups attached to an aromatic ring is 1. The number of benzene rings is 2. The normalized spacial score (nSPS) is 10.3. The summed E-state index contributed by atoms with van der Waals surface area (Å²) in [7, 11) is 1.52. The second-order valence-corrected chi connectivity index (χ2v) is 5.30. The quantitative estimate of drug-likeness (QED) is 0.834. The van der Waals surface area contributed by atoms with Crippen molar-refractivity contribution in [1.29, 1.82) is 0 Å². The van der Waals surface area contributed by atoms with Gasteiger partial charge in [0.25, 0.3) is 5.91 Å². The molecule has 0 heterocycles. The molecule has 0 bridgehead atoms. The molecule has 2 rings (SSSR count). The van der Waals surface area contributed by atoms with Crippen molar-refractivity contribution in [1.82, 2.24) is 0 Å². The van der Waals surface area contributed by atoms with Crippen molar-refractivity contribution in [3.8, 4) is 5.75 Å². The van der Waals surface area contributed by atoms with Gasteiger partial charge < -0.3 is 15.8 Å². The van der Waals surface area contributed by atoms with Crippen molar-refractivity contribution in [3.63, 3.8) is 0 Å². The maximum Gasteiger partial charge on any atom is 0.257 e. The highest BCUT2D eigenvalue weighted by atomic mass is 35.5. The third kappa shape index (κ3) is 3.40. The van der Waals surface area contributed by atoms with Crippen LogP contribution in [0.25, 0.3) is 0 Å². The van der Waals surface area contributed by atoms with Gasteiger partial charge in [-0.25, -0.2) is 0 Å². The van der Waals surface area contributed by atoms with E-state index in [-0.39, 0.29) is 5.91 Å². The summed E-state index contributed by atoms with van der Waals surface area (Å²) >= 11 is 12.1. The zero-order valence-corrected chi connectivity index (χ0v) is 13.0. The highest BCUT2D eigenvalue weighted by molar-refractivity contribution is 6.36. The van der Waals surface area contributed by atoms with Crippen molar-refractivity contribution in [3.05, 3.63) is 51.5 Å². The third-order valence-corrected chi connectivity index (χ3v) is 3.72. The maximum atomic E-state index is 12.3. The lowest BCUT2D eigenvalue weighted by atomic mass is 10.1. The van der Waals surface area contributed by atoms with E-state index in [4.69, 9.17) is 33.7 Å². The molecule has 0 fully saturated rings. The summed E-state index contributed by atoms with van der Waals surface area (Å²) in [5, 5.41) is 3.63. The molecule has 0 aliphatic carbocycles. The van der Waals surface area contributed by atoms with Crippen molar-refractivity contribution in [2.24, 2.45) is 0 Å². The van der Waals surface area contributed by atoms with Crippen LogP contribution in [0.15, 0.2) is 30.3 Å². The van der Waals surface area contributed by atoms with Crippen LogP contribution in [0.1, 0.15) is 15.9 Å². The van der Waals surface area contributed by atoms with Crippen molar-refractivity contribution >= 4 is 40.5 Å². The molecule has 2 aromatic rings. The Morgan fingerprint density at radius 3 is 2.57 bits per heavy atom. The summed E-state index contributed by atoms with van der Waals surface area (Å²) in [6, 6.07) is 8.15. The first-order chi connectivity index (χ1) is 9.92. The summed E-state index contributed by atoms with van der Waals surface area (Å²) < 4.78 is 5.09. The highest BCUT2D eigenvalue weighted by Gasteiger charge is 2.14. The maximum absolute atomic E-state index is 12.3. The van der Waals surface area contributed by atoms with Crippen LogP contribution in [-0.2, 0) is 0 Å². The van der Waals surface area contributed by atoms with Gasteiger partial charge in [-0.05, 0) is 42.8 Å². The Balaban J connectivity index is 2.32. The standard InChI is InChI=1S/C15H14Cl2N2O2/c1-8-5-12(17)14(7-11(8)16)19-15(20)10-6-9(21-2)3-4-13(10)18/h3-7H,18H2,1-2H3,(H,19,20). The van der Waals surface area contributed by atoms with Gasteiger partial charge in [0.1, 0.15) is 5.75 Å². The summed E-state index contributed by atoms with van der Waals surface area (Å²) in [6.07, 6.45) is 0. The Morgan fingerprint density at radius 2 is 1.90 bits per heavy atom. The van der Waals surface area contributed by atoms with Crippen LogP contribution >= 0.6 is 23.2 Å². The first kappa shape index (κ1) is 15.5. The lowest BCUT2D eigenvalue weighted by Gasteiger charge is -2.11. The fraction of sp³-hybridized carbons (Fsp3) is 0.133. The fourth-order valence-electron chi connectivity index (χ4n) is 1.79. The molecular formula is C15H14Cl2N2O2. The molecule has 21 heavy (non-hydrogen) atoms. The van der Waals surface area contributed by atoms with Gasteiger partial charge in [-0.15, -0.1) is 0 Å². The molecule has 110 valence electrons. The molecule has 3 N–H and O–H groups in total. The number of hydrogen-bond acceptors (Lipinski definition) is 3. The van der Waals surface area contributed by atoms with E-state index in [1.807, 2.05) is 6.92 Å². The zero-order chi connectivity index (χ0) is 15.6. The molecule has 0 spiro atoms. The van der Waals surface area contributed by atoms with Crippen molar-refractivity contribution in [2.45, 2.75) is 6.92 Å². The molecule has 0 aliphatic rings. The van der Waals surface area contributed by atoms with E-state index in [2.05, 4.69) is 5.32 Å². The van der Waals surface area contributed by atoms with Gasteiger partial charge in [-0.2, -0.15) is 0 Å². The topological polar surface area (TPSA) is 64.3 Å². The summed E-state index contributed by atoms with van der Waals surface area (Å²) in [4.78, 5) is 12.3. The van der Waals surface area contributed by atoms with Gasteiger partial charge in [0.15, 0.2) is 0 Å². The van der Waals surface area contributed by atoms with E-state index < -0.39 is 0 Å². The number of anilines is 2. The Kier molecular flexibility index (Phi) is 4.60. The molecule has 0 atom stereocenters. The van der Waals surface area contributed by atoms with E-state index >= 15 is 0 Å². The van der Waals surface area contributed by atoms with E-state index in [1.54, 1.807) is 30.3 Å². The number of halogens is 2. The molecule has 0 aromatic heterocycles. The third-order valence-electron chi connectivity index (χ3n) is 3.00. The molecule has 0 aliphatic heterocycles. The number of rotatable bonds is 3. The molecule has 6 heteroatoms. The van der Waals surface area contributed by atoms with Gasteiger partial charge in [-0.3, -0.25) is 4.79 Å². The first-order valence-corrected chi connectivity index (χ1v) is 6.88. The first-order valence-electron chi connectivity index (χ1n) is 6.13. The Bertz CT molecular complexity index is 702. The molecule has 4 nitrogen and oxygen atoms in total. The van der Waals surface area contributed by atoms with Gasteiger partial charge in [0.05, 0.1) is 23.4 Å². The van der Waals surface area contributed by atoms with Crippen LogP contribution in [0.3, 0.4) is 0 Å². The minimum atomic E-state index is -0.381. The summed E-state index contributed by atoms with van der Waals surface area (Å²) in [5.74, 6) is 0.163. The number of methoxy groups -OCH3 is 1. The lowest BCUT2D eigenvalue weighted by Crippen LogP contribution is -2.14. The van der Waals surface area contributed by atoms with E-state index in [9.17, 15) is 4.79 Å². The van der Waals surface area contributed by atoms with Crippen molar-refractivity contribution < 1.29 is 9.53 Å². The number of nitrogens with one attached hydrogen (secondary N) is 1. The number of carbonyl (C=O) groups excluding carboxylic acids is 1. The van der Waals surface area contributed by atoms with Gasteiger partial charge in [-0.1, -0.05) is 23.2 Å². The van der Waals surface area contributed by atoms with Gasteiger partial charge in [0.2, 0.25) is 0 Å². The second-order valence-electron chi connectivity index (χ2n) is 4.49. The smallest absolute Gasteiger partial charge is 0.257 e. The van der Waals surface area contributed by atoms with Crippen LogP contribution in [-0.4, -0.2) is 13.0 Å². The second kappa shape index (κ2) is 6.24. The summed E-state index contributed by atoms with van der Waals surface area (Å²) in [6.45, 7) is 1.83. The Hall–Kier alpha value is -1.91. The fourth-order valence-corrected chi connectivity index (χ4v) is 2.22. The van der Waals surface area contributed by atoms with E-state index in [1.165, 1.54) is 7.11 Å². The molecule has 0 saturated carbocycles. The average molecular weight is 325 g/mol. The molecule has 0 saturated heterocycles. The average Bonchev–Trinajstić information content (AvgIpc) is 2.45. The van der Waals surface area contributed by atoms with E-state index in [0.29, 0.717) is 32.7 Å². The Labute approximate surface area is 132 Å². The molecule has 1 amide bonds. The van der Waals surface area contributed by atoms with E-state index in [0.717, 1.165) is 5.56 Å². The van der Waals surface area contributed by atoms with Crippen molar-refractivity contribution in [2.75, 3.05) is 18.2 Å². The molecule has 0 unspecified atom stereocenters. The number of ether oxygens (including phenoxy) is 1. The van der Waals surface area contributed by atoms with Crippen LogP contribution < -0.4 is 15.8 Å². The predicted octanol–water partition coefficient (Wildman–Crippen LogP) is 4.14. The highest BCUT2D eigenvalue weighted by Crippen LogP contribution is 2.30. The van der Waals surface area contributed by atoms with Crippen LogP contribution in [0.5, 0.6) is 5.75 Å². The largest absolute Gasteiger partial charge is 0.497 e. The predicted molar refractivity (Wildman–Crippen MR) is 86.6 cm³/mol. The molecule has 0 radical (unpaired) electrons. The number of aryl methyl sites for hydroxylation is 1. The zero-order valence-electron chi connectivity index (χ0n) is 11.5. The summed E-state index contributed by atoms with van der Waals surface area (Å²) in [5.41, 5.74) is 7.74. The SMILES string of the molecule is COc1ccc(N)c(C(=O)Nc2cc(Cl)c(C)cc2Cl)c1. The van der Waals surface area contributed by atoms with Gasteiger partial charge in [0, 0.05) is 10.7 Å².